The summed E-state index contributed by atoms with van der Waals surface area (Å²) in [5.74, 6) is -3.20. The van der Waals surface area contributed by atoms with Gasteiger partial charge in [0.15, 0.2) is 5.78 Å². The molecule has 4 atom stereocenters. The zero-order chi connectivity index (χ0) is 25.1. The van der Waals surface area contributed by atoms with E-state index in [9.17, 15) is 24.5 Å². The second kappa shape index (κ2) is 7.94. The Kier molecular flexibility index (Phi) is 4.82. The summed E-state index contributed by atoms with van der Waals surface area (Å²) in [6.07, 6.45) is 1.65. The first-order valence-corrected chi connectivity index (χ1v) is 11.5. The number of amides is 2. The highest BCUT2D eigenvalue weighted by Gasteiger charge is 2.65. The number of hydrogen-bond acceptors (Lipinski definition) is 7. The monoisotopic (exact) mass is 480 g/mol. The van der Waals surface area contributed by atoms with Crippen LogP contribution in [0.25, 0.3) is 0 Å². The highest BCUT2D eigenvalue weighted by atomic mass is 16.6. The molecular formula is C27H20N4O5. The average molecular weight is 480 g/mol. The Morgan fingerprint density at radius 3 is 2.39 bits per heavy atom. The van der Waals surface area contributed by atoms with Crippen LogP contribution >= 0.6 is 0 Å². The summed E-state index contributed by atoms with van der Waals surface area (Å²) in [5, 5.41) is 17.5. The van der Waals surface area contributed by atoms with Crippen molar-refractivity contribution in [3.05, 3.63) is 105 Å². The van der Waals surface area contributed by atoms with Gasteiger partial charge < -0.3 is 0 Å². The van der Waals surface area contributed by atoms with Crippen molar-refractivity contribution in [2.45, 2.75) is 19.0 Å². The molecule has 0 bridgehead atoms. The molecule has 3 aromatic carbocycles. The van der Waals surface area contributed by atoms with E-state index >= 15 is 0 Å². The summed E-state index contributed by atoms with van der Waals surface area (Å²) >= 11 is 0. The smallest absolute Gasteiger partial charge is 0.271 e. The van der Waals surface area contributed by atoms with E-state index in [1.165, 1.54) is 18.2 Å². The quantitative estimate of drug-likeness (QED) is 0.244. The summed E-state index contributed by atoms with van der Waals surface area (Å²) in [5.41, 5.74) is 2.53. The number of carbonyl (C=O) groups excluding carboxylic acids is 3. The molecule has 3 heterocycles. The Balaban J connectivity index is 1.51. The number of rotatable bonds is 4. The number of aryl methyl sites for hydroxylation is 1. The van der Waals surface area contributed by atoms with Gasteiger partial charge in [0.25, 0.3) is 5.69 Å². The molecule has 9 nitrogen and oxygen atoms in total. The second-order valence-corrected chi connectivity index (χ2v) is 9.16. The van der Waals surface area contributed by atoms with Gasteiger partial charge in [-0.25, -0.2) is 4.90 Å². The number of nitro groups is 1. The van der Waals surface area contributed by atoms with E-state index in [1.54, 1.807) is 48.5 Å². The number of benzene rings is 3. The first kappa shape index (κ1) is 21.8. The van der Waals surface area contributed by atoms with Gasteiger partial charge >= 0.3 is 0 Å². The molecule has 0 saturated carbocycles. The fourth-order valence-electron chi connectivity index (χ4n) is 5.63. The molecule has 6 rings (SSSR count). The third-order valence-electron chi connectivity index (χ3n) is 7.26. The van der Waals surface area contributed by atoms with Gasteiger partial charge in [-0.15, -0.1) is 0 Å². The normalized spacial score (nSPS) is 23.9. The van der Waals surface area contributed by atoms with Gasteiger partial charge in [-0.1, -0.05) is 60.7 Å². The van der Waals surface area contributed by atoms with E-state index in [2.05, 4.69) is 5.10 Å². The number of non-ortho nitro benzene ring substituents is 1. The summed E-state index contributed by atoms with van der Waals surface area (Å²) in [6, 6.07) is 18.6. The van der Waals surface area contributed by atoms with E-state index in [-0.39, 0.29) is 17.2 Å². The number of carbonyl (C=O) groups is 3. The van der Waals surface area contributed by atoms with E-state index in [4.69, 9.17) is 0 Å². The van der Waals surface area contributed by atoms with Crippen LogP contribution in [0.15, 0.2) is 77.9 Å². The van der Waals surface area contributed by atoms with Crippen molar-refractivity contribution in [2.75, 3.05) is 4.90 Å². The number of hydrazone groups is 1. The van der Waals surface area contributed by atoms with Gasteiger partial charge in [0.2, 0.25) is 11.8 Å². The van der Waals surface area contributed by atoms with E-state index in [0.717, 1.165) is 16.0 Å². The van der Waals surface area contributed by atoms with Gasteiger partial charge in [0.05, 0.1) is 34.7 Å². The number of Topliss-reactive ketones (excluding diaryl/α,β-unsaturated/α-hetero) is 1. The summed E-state index contributed by atoms with van der Waals surface area (Å²) in [6.45, 7) is 1.69. The van der Waals surface area contributed by atoms with Gasteiger partial charge in [0, 0.05) is 17.7 Å². The minimum absolute atomic E-state index is 0.165. The first-order valence-electron chi connectivity index (χ1n) is 11.5. The van der Waals surface area contributed by atoms with Crippen LogP contribution in [0, 0.1) is 28.9 Å². The Bertz CT molecular complexity index is 1480. The summed E-state index contributed by atoms with van der Waals surface area (Å²) < 4.78 is 0. The van der Waals surface area contributed by atoms with Crippen molar-refractivity contribution in [3.8, 4) is 0 Å². The largest absolute Gasteiger partial charge is 0.292 e. The van der Waals surface area contributed by atoms with Crippen LogP contribution < -0.4 is 4.90 Å². The molecule has 0 aromatic heterocycles. The Hall–Kier alpha value is -4.66. The van der Waals surface area contributed by atoms with Crippen LogP contribution in [0.3, 0.4) is 0 Å². The van der Waals surface area contributed by atoms with Crippen LogP contribution in [-0.4, -0.2) is 39.8 Å². The molecule has 36 heavy (non-hydrogen) atoms. The lowest BCUT2D eigenvalue weighted by Crippen LogP contribution is -2.44. The molecule has 0 N–H and O–H groups in total. The van der Waals surface area contributed by atoms with E-state index < -0.39 is 40.7 Å². The molecule has 3 aromatic rings. The maximum Gasteiger partial charge on any atom is 0.271 e. The number of nitro benzene ring substituents is 1. The molecule has 0 radical (unpaired) electrons. The number of anilines is 1. The van der Waals surface area contributed by atoms with Gasteiger partial charge in [-0.05, 0) is 23.6 Å². The van der Waals surface area contributed by atoms with Crippen LogP contribution in [0.2, 0.25) is 0 Å². The topological polar surface area (TPSA) is 113 Å². The predicted molar refractivity (Wildman–Crippen MR) is 130 cm³/mol. The van der Waals surface area contributed by atoms with Crippen LogP contribution in [-0.2, 0) is 9.59 Å². The van der Waals surface area contributed by atoms with Crippen molar-refractivity contribution >= 4 is 35.2 Å². The first-order chi connectivity index (χ1) is 17.4. The molecule has 2 saturated heterocycles. The fourth-order valence-corrected chi connectivity index (χ4v) is 5.63. The third-order valence-corrected chi connectivity index (χ3v) is 7.26. The Labute approximate surface area is 205 Å². The molecule has 0 aliphatic carbocycles. The van der Waals surface area contributed by atoms with Crippen LogP contribution in [0.1, 0.15) is 33.1 Å². The van der Waals surface area contributed by atoms with Gasteiger partial charge in [-0.2, -0.15) is 5.10 Å². The number of nitrogens with zero attached hydrogens (tertiary/aromatic N) is 4. The molecule has 2 amide bonds. The zero-order valence-electron chi connectivity index (χ0n) is 19.1. The molecule has 0 unspecified atom stereocenters. The average Bonchev–Trinajstić information content (AvgIpc) is 3.37. The zero-order valence-corrected chi connectivity index (χ0v) is 19.1. The van der Waals surface area contributed by atoms with Crippen molar-refractivity contribution in [1.82, 2.24) is 5.01 Å². The molecule has 3 aliphatic heterocycles. The molecule has 178 valence electrons. The number of ketones is 1. The number of hydrogen-bond donors (Lipinski definition) is 0. The standard InChI is InChI=1S/C27H20N4O5/c1-15-11-12-18(31(35)36)13-20(15)29-26(33)21-22(27(29)34)24(25(32)16-7-3-2-4-8-16)30-23(21)19-10-6-5-9-17(19)14-28-30/h2-14,21-24H,1H3/t21-,22-,23+,24+/m1/s1. The fraction of sp³-hybridized carbons (Fsp3) is 0.185. The van der Waals surface area contributed by atoms with E-state index in [1.807, 2.05) is 24.3 Å². The lowest BCUT2D eigenvalue weighted by molar-refractivity contribution is -0.384. The van der Waals surface area contributed by atoms with Crippen molar-refractivity contribution in [2.24, 2.45) is 16.9 Å². The maximum atomic E-state index is 13.9. The maximum absolute atomic E-state index is 13.9. The van der Waals surface area contributed by atoms with E-state index in [0.29, 0.717) is 11.1 Å². The summed E-state index contributed by atoms with van der Waals surface area (Å²) in [7, 11) is 0. The Morgan fingerprint density at radius 2 is 1.64 bits per heavy atom. The second-order valence-electron chi connectivity index (χ2n) is 9.16. The summed E-state index contributed by atoms with van der Waals surface area (Å²) in [4.78, 5) is 53.5. The minimum atomic E-state index is -0.993. The van der Waals surface area contributed by atoms with Crippen LogP contribution in [0.5, 0.6) is 0 Å². The van der Waals surface area contributed by atoms with Crippen molar-refractivity contribution in [3.63, 3.8) is 0 Å². The molecule has 9 heteroatoms. The minimum Gasteiger partial charge on any atom is -0.292 e. The van der Waals surface area contributed by atoms with Crippen molar-refractivity contribution in [1.29, 1.82) is 0 Å². The molecule has 0 spiro atoms. The third kappa shape index (κ3) is 3.02. The highest BCUT2D eigenvalue weighted by Crippen LogP contribution is 2.53. The molecular weight excluding hydrogens is 460 g/mol. The van der Waals surface area contributed by atoms with Gasteiger partial charge in [-0.3, -0.25) is 29.5 Å². The predicted octanol–water partition coefficient (Wildman–Crippen LogP) is 3.66. The van der Waals surface area contributed by atoms with Crippen molar-refractivity contribution < 1.29 is 19.3 Å². The lowest BCUT2D eigenvalue weighted by Gasteiger charge is -2.34. The molecule has 2 fully saturated rings. The molecule has 3 aliphatic rings. The number of imide groups is 1. The van der Waals surface area contributed by atoms with Crippen LogP contribution in [0.4, 0.5) is 11.4 Å². The Morgan fingerprint density at radius 1 is 0.944 bits per heavy atom. The van der Waals surface area contributed by atoms with Gasteiger partial charge in [0.1, 0.15) is 6.04 Å². The number of fused-ring (bicyclic) bond motifs is 5. The SMILES string of the molecule is Cc1ccc([N+](=O)[O-])cc1N1C(=O)[C@@H]2[C@@H](C1=O)[C@@H]1c3ccccc3C=NN1[C@@H]2C(=O)c1ccccc1. The lowest BCUT2D eigenvalue weighted by atomic mass is 9.83. The highest BCUT2D eigenvalue weighted by molar-refractivity contribution is 6.25.